The standard InChI is InChI=1S/C27H33FN2O2/c28-23(15-19-7-3-1-4-8-19)25-26(31)24(16-20-9-5-2-6-10-20)29(17-21-11-12-21)27(32)30(25)18-22-13-14-22/h1-10,21-26,31H,11-18H2/t23?,24-,25+,26-/m1/s1. The lowest BCUT2D eigenvalue weighted by molar-refractivity contribution is -0.0642. The van der Waals surface area contributed by atoms with Crippen LogP contribution in [0.4, 0.5) is 9.18 Å². The van der Waals surface area contributed by atoms with Gasteiger partial charge in [0.15, 0.2) is 0 Å². The van der Waals surface area contributed by atoms with E-state index in [-0.39, 0.29) is 12.5 Å². The van der Waals surface area contributed by atoms with E-state index in [1.807, 2.05) is 65.6 Å². The number of carbonyl (C=O) groups excluding carboxylic acids is 1. The minimum Gasteiger partial charge on any atom is -0.389 e. The van der Waals surface area contributed by atoms with Crippen LogP contribution < -0.4 is 0 Å². The lowest BCUT2D eigenvalue weighted by Gasteiger charge is -2.50. The fraction of sp³-hybridized carbons (Fsp3) is 0.519. The van der Waals surface area contributed by atoms with Crippen molar-refractivity contribution in [1.29, 1.82) is 0 Å². The van der Waals surface area contributed by atoms with E-state index in [1.54, 1.807) is 4.90 Å². The average molecular weight is 437 g/mol. The topological polar surface area (TPSA) is 43.8 Å². The van der Waals surface area contributed by atoms with Crippen molar-refractivity contribution < 1.29 is 14.3 Å². The molecular formula is C27H33FN2O2. The first kappa shape index (κ1) is 21.4. The second-order valence-electron chi connectivity index (χ2n) is 9.92. The molecular weight excluding hydrogens is 403 g/mol. The summed E-state index contributed by atoms with van der Waals surface area (Å²) in [7, 11) is 0. The maximum Gasteiger partial charge on any atom is 0.320 e. The number of carbonyl (C=O) groups is 1. The monoisotopic (exact) mass is 436 g/mol. The van der Waals surface area contributed by atoms with Gasteiger partial charge >= 0.3 is 6.03 Å². The van der Waals surface area contributed by atoms with Gasteiger partial charge < -0.3 is 14.9 Å². The molecule has 1 unspecified atom stereocenters. The second kappa shape index (κ2) is 9.22. The number of nitrogens with zero attached hydrogens (tertiary/aromatic N) is 2. The molecule has 2 amide bonds. The maximum absolute atomic E-state index is 15.9. The molecule has 3 fully saturated rings. The zero-order valence-corrected chi connectivity index (χ0v) is 18.5. The number of rotatable bonds is 9. The zero-order valence-electron chi connectivity index (χ0n) is 18.5. The van der Waals surface area contributed by atoms with Gasteiger partial charge in [-0.2, -0.15) is 0 Å². The highest BCUT2D eigenvalue weighted by atomic mass is 19.1. The van der Waals surface area contributed by atoms with Gasteiger partial charge in [0.25, 0.3) is 0 Å². The normalized spacial score (nSPS) is 26.9. The average Bonchev–Trinajstić information content (AvgIpc) is 3.72. The largest absolute Gasteiger partial charge is 0.389 e. The summed E-state index contributed by atoms with van der Waals surface area (Å²) in [5.74, 6) is 0.945. The van der Waals surface area contributed by atoms with Gasteiger partial charge in [-0.05, 0) is 55.1 Å². The van der Waals surface area contributed by atoms with E-state index in [9.17, 15) is 9.90 Å². The summed E-state index contributed by atoms with van der Waals surface area (Å²) in [5.41, 5.74) is 1.96. The molecule has 1 aliphatic heterocycles. The molecule has 4 nitrogen and oxygen atoms in total. The summed E-state index contributed by atoms with van der Waals surface area (Å²) >= 11 is 0. The number of urea groups is 1. The molecule has 4 atom stereocenters. The Morgan fingerprint density at radius 2 is 1.38 bits per heavy atom. The SMILES string of the molecule is O=C1N(CC2CC2)[C@H](Cc2ccccc2)[C@@H](O)[C@H](C(F)Cc2ccccc2)N1CC1CC1. The molecule has 0 bridgehead atoms. The lowest BCUT2D eigenvalue weighted by Crippen LogP contribution is -2.69. The van der Waals surface area contributed by atoms with E-state index in [1.165, 1.54) is 0 Å². The molecule has 5 heteroatoms. The number of alkyl halides is 1. The quantitative estimate of drug-likeness (QED) is 0.631. The highest BCUT2D eigenvalue weighted by Gasteiger charge is 2.51. The summed E-state index contributed by atoms with van der Waals surface area (Å²) in [4.78, 5) is 17.3. The highest BCUT2D eigenvalue weighted by Crippen LogP contribution is 2.38. The van der Waals surface area contributed by atoms with Crippen molar-refractivity contribution in [2.45, 2.75) is 62.9 Å². The van der Waals surface area contributed by atoms with Crippen LogP contribution in [-0.2, 0) is 12.8 Å². The van der Waals surface area contributed by atoms with Crippen LogP contribution in [-0.4, -0.2) is 58.4 Å². The molecule has 2 saturated carbocycles. The van der Waals surface area contributed by atoms with Crippen LogP contribution in [0.2, 0.25) is 0 Å². The van der Waals surface area contributed by atoms with Crippen molar-refractivity contribution in [1.82, 2.24) is 9.80 Å². The fourth-order valence-corrected chi connectivity index (χ4v) is 5.06. The van der Waals surface area contributed by atoms with Crippen LogP contribution in [0.1, 0.15) is 36.8 Å². The predicted octanol–water partition coefficient (Wildman–Crippen LogP) is 4.47. The van der Waals surface area contributed by atoms with Crippen molar-refractivity contribution in [3.63, 3.8) is 0 Å². The molecule has 2 aliphatic carbocycles. The molecule has 2 aromatic carbocycles. The van der Waals surface area contributed by atoms with Gasteiger partial charge in [-0.1, -0.05) is 60.7 Å². The van der Waals surface area contributed by atoms with Crippen LogP contribution in [0.3, 0.4) is 0 Å². The number of aliphatic hydroxyl groups excluding tert-OH is 1. The number of halogens is 1. The first-order valence-corrected chi connectivity index (χ1v) is 12.1. The molecule has 1 heterocycles. The van der Waals surface area contributed by atoms with Gasteiger partial charge in [0, 0.05) is 19.5 Å². The first-order valence-electron chi connectivity index (χ1n) is 12.1. The number of aliphatic hydroxyl groups is 1. The van der Waals surface area contributed by atoms with Crippen molar-refractivity contribution in [2.24, 2.45) is 11.8 Å². The number of benzene rings is 2. The smallest absolute Gasteiger partial charge is 0.320 e. The van der Waals surface area contributed by atoms with E-state index in [2.05, 4.69) is 0 Å². The third kappa shape index (κ3) is 4.83. The summed E-state index contributed by atoms with van der Waals surface area (Å²) < 4.78 is 15.9. The van der Waals surface area contributed by atoms with Gasteiger partial charge in [-0.25, -0.2) is 9.18 Å². The van der Waals surface area contributed by atoms with Crippen LogP contribution >= 0.6 is 0 Å². The van der Waals surface area contributed by atoms with Gasteiger partial charge in [0.1, 0.15) is 6.17 Å². The van der Waals surface area contributed by atoms with E-state index in [4.69, 9.17) is 0 Å². The van der Waals surface area contributed by atoms with E-state index >= 15 is 4.39 Å². The molecule has 0 radical (unpaired) electrons. The number of amides is 2. The summed E-state index contributed by atoms with van der Waals surface area (Å²) in [6, 6.07) is 18.2. The van der Waals surface area contributed by atoms with Crippen LogP contribution in [0, 0.1) is 11.8 Å². The number of hydrogen-bond acceptors (Lipinski definition) is 2. The zero-order chi connectivity index (χ0) is 22.1. The summed E-state index contributed by atoms with van der Waals surface area (Å²) in [6.07, 6.45) is 2.94. The molecule has 0 aromatic heterocycles. The third-order valence-corrected chi connectivity index (χ3v) is 7.23. The predicted molar refractivity (Wildman–Crippen MR) is 123 cm³/mol. The summed E-state index contributed by atoms with van der Waals surface area (Å²) in [6.45, 7) is 1.21. The summed E-state index contributed by atoms with van der Waals surface area (Å²) in [5, 5.41) is 11.6. The van der Waals surface area contributed by atoms with Gasteiger partial charge in [0.2, 0.25) is 0 Å². The van der Waals surface area contributed by atoms with E-state index < -0.39 is 24.4 Å². The molecule has 2 aromatic rings. The molecule has 3 aliphatic rings. The second-order valence-corrected chi connectivity index (χ2v) is 9.92. The van der Waals surface area contributed by atoms with Gasteiger partial charge in [-0.15, -0.1) is 0 Å². The van der Waals surface area contributed by atoms with Crippen molar-refractivity contribution in [2.75, 3.05) is 13.1 Å². The van der Waals surface area contributed by atoms with Crippen molar-refractivity contribution in [3.05, 3.63) is 71.8 Å². The van der Waals surface area contributed by atoms with E-state index in [0.717, 1.165) is 36.8 Å². The number of hydrogen-bond donors (Lipinski definition) is 1. The highest BCUT2D eigenvalue weighted by molar-refractivity contribution is 5.77. The van der Waals surface area contributed by atoms with Crippen molar-refractivity contribution >= 4 is 6.03 Å². The Labute approximate surface area is 190 Å². The maximum atomic E-state index is 15.9. The molecule has 1 saturated heterocycles. The van der Waals surface area contributed by atoms with Crippen LogP contribution in [0.25, 0.3) is 0 Å². The van der Waals surface area contributed by atoms with Crippen LogP contribution in [0.5, 0.6) is 0 Å². The molecule has 1 N–H and O–H groups in total. The minimum absolute atomic E-state index is 0.0873. The minimum atomic E-state index is -1.31. The van der Waals surface area contributed by atoms with Crippen LogP contribution in [0.15, 0.2) is 60.7 Å². The molecule has 5 rings (SSSR count). The van der Waals surface area contributed by atoms with Crippen molar-refractivity contribution in [3.8, 4) is 0 Å². The molecule has 0 spiro atoms. The first-order chi connectivity index (χ1) is 15.6. The molecule has 32 heavy (non-hydrogen) atoms. The Balaban J connectivity index is 1.44. The van der Waals surface area contributed by atoms with Gasteiger partial charge in [0.05, 0.1) is 18.2 Å². The Bertz CT molecular complexity index is 900. The Morgan fingerprint density at radius 3 is 1.94 bits per heavy atom. The molecule has 170 valence electrons. The van der Waals surface area contributed by atoms with Gasteiger partial charge in [-0.3, -0.25) is 0 Å². The lowest BCUT2D eigenvalue weighted by atomic mass is 9.87. The van der Waals surface area contributed by atoms with E-state index in [0.29, 0.717) is 31.3 Å². The Hall–Kier alpha value is -2.40. The fourth-order valence-electron chi connectivity index (χ4n) is 5.06. The third-order valence-electron chi connectivity index (χ3n) is 7.23. The Morgan fingerprint density at radius 1 is 0.844 bits per heavy atom. The Kier molecular flexibility index (Phi) is 6.18.